The number of aromatic nitrogens is 2. The Labute approximate surface area is 155 Å². The van der Waals surface area contributed by atoms with E-state index in [1.807, 2.05) is 24.3 Å². The molecule has 0 aliphatic rings. The van der Waals surface area contributed by atoms with Crippen LogP contribution in [-0.4, -0.2) is 23.0 Å². The second kappa shape index (κ2) is 8.13. The summed E-state index contributed by atoms with van der Waals surface area (Å²) in [4.78, 5) is 19.7. The van der Waals surface area contributed by atoms with Gasteiger partial charge in [0, 0.05) is 30.7 Å². The first-order valence-corrected chi connectivity index (χ1v) is 8.09. The Hall–Kier alpha value is -3.68. The van der Waals surface area contributed by atoms with Gasteiger partial charge < -0.3 is 21.1 Å². The molecule has 1 amide bonds. The zero-order valence-corrected chi connectivity index (χ0v) is 14.6. The number of primary amides is 1. The Morgan fingerprint density at radius 1 is 1.19 bits per heavy atom. The van der Waals surface area contributed by atoms with E-state index in [-0.39, 0.29) is 12.1 Å². The van der Waals surface area contributed by atoms with Crippen molar-refractivity contribution in [1.82, 2.24) is 9.97 Å². The molecule has 1 aromatic carbocycles. The van der Waals surface area contributed by atoms with Crippen molar-refractivity contribution in [1.29, 1.82) is 0 Å². The fourth-order valence-electron chi connectivity index (χ4n) is 2.44. The van der Waals surface area contributed by atoms with Crippen LogP contribution in [0.3, 0.4) is 0 Å². The van der Waals surface area contributed by atoms with E-state index in [0.29, 0.717) is 17.1 Å². The van der Waals surface area contributed by atoms with Gasteiger partial charge in [-0.15, -0.1) is 0 Å². The summed E-state index contributed by atoms with van der Waals surface area (Å²) < 4.78 is 18.4. The number of anilines is 3. The molecule has 0 atom stereocenters. The predicted molar refractivity (Wildman–Crippen MR) is 101 cm³/mol. The van der Waals surface area contributed by atoms with E-state index >= 15 is 0 Å². The number of rotatable bonds is 7. The second-order valence-electron chi connectivity index (χ2n) is 5.70. The van der Waals surface area contributed by atoms with Gasteiger partial charge in [-0.05, 0) is 35.9 Å². The van der Waals surface area contributed by atoms with Crippen LogP contribution < -0.4 is 21.1 Å². The van der Waals surface area contributed by atoms with Crippen LogP contribution >= 0.6 is 0 Å². The second-order valence-corrected chi connectivity index (χ2v) is 5.70. The lowest BCUT2D eigenvalue weighted by atomic mass is 10.2. The van der Waals surface area contributed by atoms with Gasteiger partial charge in [-0.2, -0.15) is 0 Å². The van der Waals surface area contributed by atoms with Crippen molar-refractivity contribution in [3.8, 4) is 5.75 Å². The predicted octanol–water partition coefficient (Wildman–Crippen LogP) is 3.08. The molecule has 3 aromatic rings. The summed E-state index contributed by atoms with van der Waals surface area (Å²) in [6, 6.07) is 10.3. The molecule has 0 saturated carbocycles. The zero-order chi connectivity index (χ0) is 19.2. The summed E-state index contributed by atoms with van der Waals surface area (Å²) in [5.74, 6) is 0.216. The lowest BCUT2D eigenvalue weighted by molar-refractivity contribution is 0.100. The van der Waals surface area contributed by atoms with E-state index in [1.54, 1.807) is 13.2 Å². The Bertz CT molecular complexity index is 947. The molecule has 0 spiro atoms. The maximum absolute atomic E-state index is 13.3. The SMILES string of the molecule is COc1ccc(Nc2cc(NCc3cncc(F)c3)c(C(N)=O)cn2)cc1. The van der Waals surface area contributed by atoms with Crippen molar-refractivity contribution in [2.45, 2.75) is 6.54 Å². The van der Waals surface area contributed by atoms with E-state index in [2.05, 4.69) is 20.6 Å². The Kier molecular flexibility index (Phi) is 5.46. The number of carbonyl (C=O) groups is 1. The Morgan fingerprint density at radius 2 is 1.96 bits per heavy atom. The van der Waals surface area contributed by atoms with Crippen LogP contribution in [0, 0.1) is 5.82 Å². The molecule has 27 heavy (non-hydrogen) atoms. The van der Waals surface area contributed by atoms with Gasteiger partial charge in [-0.25, -0.2) is 9.37 Å². The fraction of sp³-hybridized carbons (Fsp3) is 0.105. The number of hydrogen-bond donors (Lipinski definition) is 3. The molecular weight excluding hydrogens is 349 g/mol. The number of nitrogens with zero attached hydrogens (tertiary/aromatic N) is 2. The van der Waals surface area contributed by atoms with Gasteiger partial charge in [0.25, 0.3) is 5.91 Å². The normalized spacial score (nSPS) is 10.3. The van der Waals surface area contributed by atoms with E-state index in [0.717, 1.165) is 17.6 Å². The number of nitrogens with one attached hydrogen (secondary N) is 2. The number of methoxy groups -OCH3 is 1. The van der Waals surface area contributed by atoms with Gasteiger partial charge in [0.05, 0.1) is 24.6 Å². The highest BCUT2D eigenvalue weighted by molar-refractivity contribution is 5.98. The van der Waals surface area contributed by atoms with Crippen LogP contribution in [0.25, 0.3) is 0 Å². The molecule has 0 aliphatic heterocycles. The van der Waals surface area contributed by atoms with Gasteiger partial charge in [-0.1, -0.05) is 0 Å². The van der Waals surface area contributed by atoms with Crippen LogP contribution in [0.5, 0.6) is 5.75 Å². The average Bonchev–Trinajstić information content (AvgIpc) is 2.67. The largest absolute Gasteiger partial charge is 0.497 e. The maximum Gasteiger partial charge on any atom is 0.252 e. The third kappa shape index (κ3) is 4.69. The van der Waals surface area contributed by atoms with Gasteiger partial charge in [0.15, 0.2) is 0 Å². The van der Waals surface area contributed by atoms with Crippen molar-refractivity contribution >= 4 is 23.1 Å². The highest BCUT2D eigenvalue weighted by Gasteiger charge is 2.11. The molecule has 4 N–H and O–H groups in total. The molecule has 0 radical (unpaired) electrons. The number of hydrogen-bond acceptors (Lipinski definition) is 6. The van der Waals surface area contributed by atoms with E-state index in [1.165, 1.54) is 18.5 Å². The molecule has 0 saturated heterocycles. The Balaban J connectivity index is 1.80. The average molecular weight is 367 g/mol. The van der Waals surface area contributed by atoms with Crippen LogP contribution in [0.2, 0.25) is 0 Å². The summed E-state index contributed by atoms with van der Waals surface area (Å²) in [5, 5.41) is 6.21. The summed E-state index contributed by atoms with van der Waals surface area (Å²) >= 11 is 0. The minimum absolute atomic E-state index is 0.236. The molecule has 8 heteroatoms. The minimum Gasteiger partial charge on any atom is -0.497 e. The smallest absolute Gasteiger partial charge is 0.252 e. The fourth-order valence-corrected chi connectivity index (χ4v) is 2.44. The third-order valence-electron chi connectivity index (χ3n) is 3.78. The van der Waals surface area contributed by atoms with Gasteiger partial charge in [0.2, 0.25) is 0 Å². The first-order valence-electron chi connectivity index (χ1n) is 8.09. The lowest BCUT2D eigenvalue weighted by Crippen LogP contribution is -2.15. The van der Waals surface area contributed by atoms with Gasteiger partial charge in [-0.3, -0.25) is 9.78 Å². The molecule has 0 unspecified atom stereocenters. The summed E-state index contributed by atoms with van der Waals surface area (Å²) in [7, 11) is 1.60. The molecule has 0 fully saturated rings. The van der Waals surface area contributed by atoms with E-state index < -0.39 is 11.7 Å². The molecule has 0 bridgehead atoms. The van der Waals surface area contributed by atoms with Crippen LogP contribution in [0.4, 0.5) is 21.6 Å². The quantitative estimate of drug-likeness (QED) is 0.593. The highest BCUT2D eigenvalue weighted by Crippen LogP contribution is 2.23. The van der Waals surface area contributed by atoms with Crippen LogP contribution in [0.15, 0.2) is 55.0 Å². The molecule has 2 aromatic heterocycles. The molecule has 3 rings (SSSR count). The number of pyridine rings is 2. The molecule has 138 valence electrons. The summed E-state index contributed by atoms with van der Waals surface area (Å²) in [5.41, 5.74) is 7.57. The number of carbonyl (C=O) groups excluding carboxylic acids is 1. The minimum atomic E-state index is -0.613. The molecule has 0 aliphatic carbocycles. The summed E-state index contributed by atoms with van der Waals surface area (Å²) in [6.45, 7) is 0.275. The number of nitrogens with two attached hydrogens (primary N) is 1. The standard InChI is InChI=1S/C19H18FN5O2/c1-27-15-4-2-14(3-5-15)25-18-7-17(16(11-24-18)19(21)26)23-9-12-6-13(20)10-22-8-12/h2-8,10-11H,9H2,1H3,(H2,21,26)(H2,23,24,25). The monoisotopic (exact) mass is 367 g/mol. The summed E-state index contributed by atoms with van der Waals surface area (Å²) in [6.07, 6.45) is 4.06. The molecule has 7 nitrogen and oxygen atoms in total. The van der Waals surface area contributed by atoms with Crippen LogP contribution in [0.1, 0.15) is 15.9 Å². The number of halogens is 1. The number of amides is 1. The Morgan fingerprint density at radius 3 is 2.63 bits per heavy atom. The van der Waals surface area contributed by atoms with Crippen LogP contribution in [-0.2, 0) is 6.54 Å². The number of benzene rings is 1. The zero-order valence-electron chi connectivity index (χ0n) is 14.6. The lowest BCUT2D eigenvalue weighted by Gasteiger charge is -2.13. The van der Waals surface area contributed by atoms with E-state index in [4.69, 9.17) is 10.5 Å². The molecule has 2 heterocycles. The van der Waals surface area contributed by atoms with Gasteiger partial charge >= 0.3 is 0 Å². The van der Waals surface area contributed by atoms with Crippen molar-refractivity contribution in [3.63, 3.8) is 0 Å². The molecular formula is C19H18FN5O2. The number of ether oxygens (including phenoxy) is 1. The van der Waals surface area contributed by atoms with E-state index in [9.17, 15) is 9.18 Å². The third-order valence-corrected chi connectivity index (χ3v) is 3.78. The first kappa shape index (κ1) is 18.1. The maximum atomic E-state index is 13.3. The van der Waals surface area contributed by atoms with Crippen molar-refractivity contribution in [2.75, 3.05) is 17.7 Å². The van der Waals surface area contributed by atoms with Crippen molar-refractivity contribution in [2.24, 2.45) is 5.73 Å². The first-order chi connectivity index (χ1) is 13.0. The highest BCUT2D eigenvalue weighted by atomic mass is 19.1. The van der Waals surface area contributed by atoms with Crippen molar-refractivity contribution in [3.05, 3.63) is 71.9 Å². The topological polar surface area (TPSA) is 102 Å². The van der Waals surface area contributed by atoms with Gasteiger partial charge in [0.1, 0.15) is 17.4 Å². The van der Waals surface area contributed by atoms with Crippen molar-refractivity contribution < 1.29 is 13.9 Å².